The minimum absolute atomic E-state index is 0.0591. The molecule has 0 aromatic heterocycles. The van der Waals surface area contributed by atoms with Crippen LogP contribution in [0, 0.1) is 0 Å². The van der Waals surface area contributed by atoms with E-state index in [9.17, 15) is 14.4 Å². The average Bonchev–Trinajstić information content (AvgIpc) is 2.40. The Balaban J connectivity index is 1.75. The third-order valence-electron chi connectivity index (χ3n) is 3.23. The molecule has 2 rings (SSSR count). The SMILES string of the molecule is O=C(CNC(=O)c1ccc(Cl)cc1Cl)NCC(=O)N1CCC1. The number of carbonyl (C=O) groups excluding carboxylic acids is 3. The molecule has 8 heteroatoms. The molecule has 118 valence electrons. The summed E-state index contributed by atoms with van der Waals surface area (Å²) in [5.41, 5.74) is 0.232. The number of benzene rings is 1. The first-order valence-corrected chi connectivity index (χ1v) is 7.50. The van der Waals surface area contributed by atoms with Crippen LogP contribution in [0.25, 0.3) is 0 Å². The first-order chi connectivity index (χ1) is 10.5. The topological polar surface area (TPSA) is 78.5 Å². The highest BCUT2D eigenvalue weighted by atomic mass is 35.5. The van der Waals surface area contributed by atoms with Gasteiger partial charge in [-0.05, 0) is 24.6 Å². The third-order valence-corrected chi connectivity index (χ3v) is 3.78. The summed E-state index contributed by atoms with van der Waals surface area (Å²) in [5, 5.41) is 5.53. The summed E-state index contributed by atoms with van der Waals surface area (Å²) in [4.78, 5) is 36.7. The molecular formula is C14H15Cl2N3O3. The predicted molar refractivity (Wildman–Crippen MR) is 83.0 cm³/mol. The van der Waals surface area contributed by atoms with E-state index in [1.54, 1.807) is 4.90 Å². The monoisotopic (exact) mass is 343 g/mol. The van der Waals surface area contributed by atoms with Crippen molar-refractivity contribution in [1.82, 2.24) is 15.5 Å². The fourth-order valence-electron chi connectivity index (χ4n) is 1.84. The second kappa shape index (κ2) is 7.47. The van der Waals surface area contributed by atoms with Crippen LogP contribution in [-0.2, 0) is 9.59 Å². The number of nitrogens with zero attached hydrogens (tertiary/aromatic N) is 1. The molecule has 1 heterocycles. The second-order valence-electron chi connectivity index (χ2n) is 4.82. The van der Waals surface area contributed by atoms with Gasteiger partial charge in [0.05, 0.1) is 23.7 Å². The molecule has 1 saturated heterocycles. The molecule has 0 unspecified atom stereocenters. The zero-order valence-corrected chi connectivity index (χ0v) is 13.2. The first kappa shape index (κ1) is 16.6. The first-order valence-electron chi connectivity index (χ1n) is 6.75. The molecule has 0 bridgehead atoms. The Hall–Kier alpha value is -1.79. The van der Waals surface area contributed by atoms with Crippen LogP contribution in [0.2, 0.25) is 10.0 Å². The van der Waals surface area contributed by atoms with E-state index in [0.717, 1.165) is 19.5 Å². The van der Waals surface area contributed by atoms with E-state index in [-0.39, 0.29) is 29.6 Å². The standard InChI is InChI=1S/C14H15Cl2N3O3/c15-9-2-3-10(11(16)6-9)14(22)18-7-12(20)17-8-13(21)19-4-1-5-19/h2-3,6H,1,4-5,7-8H2,(H,17,20)(H,18,22). The van der Waals surface area contributed by atoms with Gasteiger partial charge in [0.25, 0.3) is 5.91 Å². The number of amides is 3. The molecule has 1 aromatic carbocycles. The Bertz CT molecular complexity index is 603. The van der Waals surface area contributed by atoms with Gasteiger partial charge in [0.1, 0.15) is 0 Å². The van der Waals surface area contributed by atoms with Crippen LogP contribution in [0.15, 0.2) is 18.2 Å². The van der Waals surface area contributed by atoms with Crippen molar-refractivity contribution in [3.8, 4) is 0 Å². The van der Waals surface area contributed by atoms with Crippen molar-refractivity contribution < 1.29 is 14.4 Å². The van der Waals surface area contributed by atoms with Gasteiger partial charge in [-0.25, -0.2) is 0 Å². The lowest BCUT2D eigenvalue weighted by molar-refractivity contribution is -0.135. The fourth-order valence-corrected chi connectivity index (χ4v) is 2.34. The van der Waals surface area contributed by atoms with Gasteiger partial charge in [-0.2, -0.15) is 0 Å². The quantitative estimate of drug-likeness (QED) is 0.839. The average molecular weight is 344 g/mol. The van der Waals surface area contributed by atoms with E-state index in [0.29, 0.717) is 5.02 Å². The molecule has 6 nitrogen and oxygen atoms in total. The Morgan fingerprint density at radius 2 is 1.82 bits per heavy atom. The number of halogens is 2. The lowest BCUT2D eigenvalue weighted by Gasteiger charge is -2.30. The van der Waals surface area contributed by atoms with Crippen LogP contribution in [0.3, 0.4) is 0 Å². The Morgan fingerprint density at radius 1 is 1.09 bits per heavy atom. The van der Waals surface area contributed by atoms with Gasteiger partial charge in [-0.1, -0.05) is 23.2 Å². The zero-order valence-electron chi connectivity index (χ0n) is 11.7. The van der Waals surface area contributed by atoms with Crippen molar-refractivity contribution in [1.29, 1.82) is 0 Å². The normalized spacial score (nSPS) is 13.3. The van der Waals surface area contributed by atoms with Gasteiger partial charge < -0.3 is 15.5 Å². The Morgan fingerprint density at radius 3 is 2.41 bits per heavy atom. The molecular weight excluding hydrogens is 329 g/mol. The predicted octanol–water partition coefficient (Wildman–Crippen LogP) is 1.07. The van der Waals surface area contributed by atoms with Crippen molar-refractivity contribution >= 4 is 40.9 Å². The van der Waals surface area contributed by atoms with Crippen LogP contribution >= 0.6 is 23.2 Å². The number of hydrogen-bond acceptors (Lipinski definition) is 3. The second-order valence-corrected chi connectivity index (χ2v) is 5.66. The Labute approximate surface area is 137 Å². The summed E-state index contributed by atoms with van der Waals surface area (Å²) >= 11 is 11.6. The van der Waals surface area contributed by atoms with Gasteiger partial charge in [-0.15, -0.1) is 0 Å². The van der Waals surface area contributed by atoms with E-state index in [1.807, 2.05) is 0 Å². The van der Waals surface area contributed by atoms with Crippen LogP contribution < -0.4 is 10.6 Å². The highest BCUT2D eigenvalue weighted by Gasteiger charge is 2.20. The number of likely N-dealkylation sites (tertiary alicyclic amines) is 1. The molecule has 0 radical (unpaired) electrons. The number of hydrogen-bond donors (Lipinski definition) is 2. The summed E-state index contributed by atoms with van der Waals surface area (Å²) in [6.07, 6.45) is 0.998. The summed E-state index contributed by atoms with van der Waals surface area (Å²) in [7, 11) is 0. The van der Waals surface area contributed by atoms with Crippen molar-refractivity contribution in [3.05, 3.63) is 33.8 Å². The van der Waals surface area contributed by atoms with Gasteiger partial charge in [-0.3, -0.25) is 14.4 Å². The van der Waals surface area contributed by atoms with Crippen LogP contribution in [-0.4, -0.2) is 48.8 Å². The lowest BCUT2D eigenvalue weighted by Crippen LogP contribution is -2.48. The summed E-state index contributed by atoms with van der Waals surface area (Å²) in [6.45, 7) is 1.18. The number of carbonyl (C=O) groups is 3. The molecule has 22 heavy (non-hydrogen) atoms. The minimum atomic E-state index is -0.481. The van der Waals surface area contributed by atoms with Gasteiger partial charge >= 0.3 is 0 Å². The molecule has 1 aliphatic heterocycles. The summed E-state index contributed by atoms with van der Waals surface area (Å²) < 4.78 is 0. The van der Waals surface area contributed by atoms with Crippen LogP contribution in [0.5, 0.6) is 0 Å². The van der Waals surface area contributed by atoms with E-state index >= 15 is 0 Å². The highest BCUT2D eigenvalue weighted by molar-refractivity contribution is 6.36. The van der Waals surface area contributed by atoms with Gasteiger partial charge in [0.2, 0.25) is 11.8 Å². The molecule has 0 saturated carbocycles. The highest BCUT2D eigenvalue weighted by Crippen LogP contribution is 2.20. The third kappa shape index (κ3) is 4.35. The largest absolute Gasteiger partial charge is 0.345 e. The smallest absolute Gasteiger partial charge is 0.253 e. The molecule has 2 N–H and O–H groups in total. The van der Waals surface area contributed by atoms with Crippen LogP contribution in [0.1, 0.15) is 16.8 Å². The maximum Gasteiger partial charge on any atom is 0.253 e. The van der Waals surface area contributed by atoms with Crippen molar-refractivity contribution in [3.63, 3.8) is 0 Å². The fraction of sp³-hybridized carbons (Fsp3) is 0.357. The molecule has 3 amide bonds. The van der Waals surface area contributed by atoms with E-state index in [4.69, 9.17) is 23.2 Å². The Kier molecular flexibility index (Phi) is 5.63. The number of nitrogens with one attached hydrogen (secondary N) is 2. The van der Waals surface area contributed by atoms with E-state index in [2.05, 4.69) is 10.6 Å². The zero-order chi connectivity index (χ0) is 16.1. The van der Waals surface area contributed by atoms with E-state index < -0.39 is 11.8 Å². The van der Waals surface area contributed by atoms with Gasteiger partial charge in [0.15, 0.2) is 0 Å². The maximum absolute atomic E-state index is 11.9. The number of rotatable bonds is 5. The molecule has 0 spiro atoms. The molecule has 1 aliphatic rings. The van der Waals surface area contributed by atoms with Crippen LogP contribution in [0.4, 0.5) is 0 Å². The maximum atomic E-state index is 11.9. The van der Waals surface area contributed by atoms with E-state index in [1.165, 1.54) is 18.2 Å². The van der Waals surface area contributed by atoms with Crippen molar-refractivity contribution in [2.45, 2.75) is 6.42 Å². The molecule has 1 fully saturated rings. The molecule has 0 aliphatic carbocycles. The summed E-state index contributed by atoms with van der Waals surface area (Å²) in [5.74, 6) is -1.04. The van der Waals surface area contributed by atoms with Crippen molar-refractivity contribution in [2.24, 2.45) is 0 Å². The minimum Gasteiger partial charge on any atom is -0.345 e. The lowest BCUT2D eigenvalue weighted by atomic mass is 10.2. The summed E-state index contributed by atoms with van der Waals surface area (Å²) in [6, 6.07) is 4.46. The van der Waals surface area contributed by atoms with Crippen molar-refractivity contribution in [2.75, 3.05) is 26.2 Å². The molecule has 0 atom stereocenters. The van der Waals surface area contributed by atoms with Gasteiger partial charge in [0, 0.05) is 18.1 Å². The molecule has 1 aromatic rings.